The Balaban J connectivity index is 2.32. The molecule has 4 heteroatoms. The molecule has 0 saturated heterocycles. The summed E-state index contributed by atoms with van der Waals surface area (Å²) in [4.78, 5) is 12.2. The number of ketones is 1. The van der Waals surface area contributed by atoms with Crippen LogP contribution in [0.1, 0.15) is 56.7 Å². The summed E-state index contributed by atoms with van der Waals surface area (Å²) in [5.74, 6) is 1.61. The number of hydrogen-bond acceptors (Lipinski definition) is 3. The highest BCUT2D eigenvalue weighted by Gasteiger charge is 2.20. The van der Waals surface area contributed by atoms with E-state index >= 15 is 0 Å². The second-order valence-corrected chi connectivity index (χ2v) is 7.06. The van der Waals surface area contributed by atoms with Crippen LogP contribution in [0.15, 0.2) is 40.9 Å². The van der Waals surface area contributed by atoms with Crippen LogP contribution in [-0.4, -0.2) is 12.4 Å². The van der Waals surface area contributed by atoms with E-state index in [4.69, 9.17) is 9.47 Å². The maximum Gasteiger partial charge on any atom is 0.139 e. The van der Waals surface area contributed by atoms with Crippen LogP contribution < -0.4 is 9.47 Å². The topological polar surface area (TPSA) is 35.5 Å². The summed E-state index contributed by atoms with van der Waals surface area (Å²) in [5.41, 5.74) is 3.17. The Labute approximate surface area is 164 Å². The largest absolute Gasteiger partial charge is 0.493 e. The fourth-order valence-electron chi connectivity index (χ4n) is 2.94. The molecule has 140 valence electrons. The Morgan fingerprint density at radius 3 is 2.46 bits per heavy atom. The van der Waals surface area contributed by atoms with Gasteiger partial charge in [-0.3, -0.25) is 4.79 Å². The summed E-state index contributed by atoms with van der Waals surface area (Å²) < 4.78 is 12.8. The van der Waals surface area contributed by atoms with Gasteiger partial charge in [-0.2, -0.15) is 0 Å². The average molecular weight is 419 g/mol. The Bertz CT molecular complexity index is 755. The molecule has 0 saturated carbocycles. The first-order valence-corrected chi connectivity index (χ1v) is 9.99. The zero-order valence-corrected chi connectivity index (χ0v) is 17.6. The van der Waals surface area contributed by atoms with Gasteiger partial charge >= 0.3 is 0 Å². The number of carbonyl (C=O) groups is 1. The Hall–Kier alpha value is -1.81. The third-order valence-electron chi connectivity index (χ3n) is 4.54. The van der Waals surface area contributed by atoms with Gasteiger partial charge in [-0.1, -0.05) is 39.0 Å². The van der Waals surface area contributed by atoms with Crippen LogP contribution in [0.2, 0.25) is 0 Å². The Morgan fingerprint density at radius 2 is 1.85 bits per heavy atom. The van der Waals surface area contributed by atoms with Crippen LogP contribution in [0.5, 0.6) is 11.5 Å². The second-order valence-electron chi connectivity index (χ2n) is 6.21. The molecule has 0 aliphatic heterocycles. The predicted octanol–water partition coefficient (Wildman–Crippen LogP) is 6.07. The zero-order chi connectivity index (χ0) is 19.1. The van der Waals surface area contributed by atoms with E-state index in [1.807, 2.05) is 45.0 Å². The smallest absolute Gasteiger partial charge is 0.139 e. The first-order chi connectivity index (χ1) is 12.5. The molecule has 0 heterocycles. The fraction of sp³-hybridized carbons (Fsp3) is 0.409. The highest BCUT2D eigenvalue weighted by atomic mass is 79.9. The minimum absolute atomic E-state index is 0.176. The van der Waals surface area contributed by atoms with Crippen molar-refractivity contribution in [2.75, 3.05) is 6.61 Å². The lowest BCUT2D eigenvalue weighted by atomic mass is 9.91. The quantitative estimate of drug-likeness (QED) is 0.495. The van der Waals surface area contributed by atoms with Crippen LogP contribution in [0, 0.1) is 0 Å². The van der Waals surface area contributed by atoms with E-state index in [1.54, 1.807) is 0 Å². The number of carbonyl (C=O) groups excluding carboxylic acids is 1. The van der Waals surface area contributed by atoms with Crippen molar-refractivity contribution in [3.63, 3.8) is 0 Å². The van der Waals surface area contributed by atoms with Gasteiger partial charge in [0, 0.05) is 17.9 Å². The molecular formula is C22H27BrO3. The number of aryl methyl sites for hydroxylation is 1. The monoisotopic (exact) mass is 418 g/mol. The molecule has 0 fully saturated rings. The molecule has 0 bridgehead atoms. The Morgan fingerprint density at radius 1 is 1.08 bits per heavy atom. The third kappa shape index (κ3) is 4.88. The summed E-state index contributed by atoms with van der Waals surface area (Å²) in [5, 5.41) is 0. The molecule has 0 spiro atoms. The molecule has 1 unspecified atom stereocenters. The minimum atomic E-state index is -0.176. The lowest BCUT2D eigenvalue weighted by molar-refractivity contribution is -0.119. The molecule has 0 aliphatic rings. The molecule has 1 atom stereocenters. The highest BCUT2D eigenvalue weighted by molar-refractivity contribution is 9.10. The van der Waals surface area contributed by atoms with Crippen LogP contribution in [0.4, 0.5) is 0 Å². The molecule has 3 nitrogen and oxygen atoms in total. The SMILES string of the molecule is CCOc1cccc(C(C)C(=O)CC)c1COc1ccc(CC)cc1Br. The van der Waals surface area contributed by atoms with Gasteiger partial charge in [0.1, 0.15) is 23.9 Å². The van der Waals surface area contributed by atoms with Gasteiger partial charge in [-0.15, -0.1) is 0 Å². The van der Waals surface area contributed by atoms with Crippen LogP contribution in [0.25, 0.3) is 0 Å². The van der Waals surface area contributed by atoms with E-state index in [0.29, 0.717) is 19.6 Å². The summed E-state index contributed by atoms with van der Waals surface area (Å²) in [6.07, 6.45) is 1.50. The number of benzene rings is 2. The lowest BCUT2D eigenvalue weighted by Gasteiger charge is -2.19. The molecule has 0 aromatic heterocycles. The van der Waals surface area contributed by atoms with E-state index in [-0.39, 0.29) is 11.7 Å². The van der Waals surface area contributed by atoms with Crippen LogP contribution in [0.3, 0.4) is 0 Å². The number of halogens is 1. The maximum absolute atomic E-state index is 12.2. The normalized spacial score (nSPS) is 11.9. The van der Waals surface area contributed by atoms with Gasteiger partial charge in [0.05, 0.1) is 11.1 Å². The first-order valence-electron chi connectivity index (χ1n) is 9.20. The molecular weight excluding hydrogens is 392 g/mol. The number of rotatable bonds is 9. The van der Waals surface area contributed by atoms with E-state index in [2.05, 4.69) is 35.0 Å². The zero-order valence-electron chi connectivity index (χ0n) is 16.0. The van der Waals surface area contributed by atoms with Crippen molar-refractivity contribution in [3.8, 4) is 11.5 Å². The minimum Gasteiger partial charge on any atom is -0.493 e. The summed E-state index contributed by atoms with van der Waals surface area (Å²) >= 11 is 3.58. The molecule has 2 aromatic carbocycles. The second kappa shape index (κ2) is 9.77. The van der Waals surface area contributed by atoms with Crippen LogP contribution in [-0.2, 0) is 17.8 Å². The van der Waals surface area contributed by atoms with Crippen molar-refractivity contribution in [3.05, 3.63) is 57.6 Å². The van der Waals surface area contributed by atoms with E-state index in [0.717, 1.165) is 33.5 Å². The fourth-order valence-corrected chi connectivity index (χ4v) is 3.49. The molecule has 0 N–H and O–H groups in total. The molecule has 0 amide bonds. The standard InChI is InChI=1S/C22H27BrO3/c1-5-16-11-12-22(19(23)13-16)26-14-18-17(15(4)20(24)6-2)9-8-10-21(18)25-7-3/h8-13,15H,5-7,14H2,1-4H3. The third-order valence-corrected chi connectivity index (χ3v) is 5.16. The predicted molar refractivity (Wildman–Crippen MR) is 109 cm³/mol. The van der Waals surface area contributed by atoms with Gasteiger partial charge in [-0.05, 0) is 58.6 Å². The van der Waals surface area contributed by atoms with Gasteiger partial charge in [-0.25, -0.2) is 0 Å². The average Bonchev–Trinajstić information content (AvgIpc) is 2.66. The van der Waals surface area contributed by atoms with E-state index < -0.39 is 0 Å². The molecule has 0 radical (unpaired) electrons. The van der Waals surface area contributed by atoms with Crippen LogP contribution >= 0.6 is 15.9 Å². The van der Waals surface area contributed by atoms with Crippen molar-refractivity contribution in [1.82, 2.24) is 0 Å². The number of hydrogen-bond donors (Lipinski definition) is 0. The van der Waals surface area contributed by atoms with E-state index in [9.17, 15) is 4.79 Å². The molecule has 2 aromatic rings. The maximum atomic E-state index is 12.2. The number of ether oxygens (including phenoxy) is 2. The first kappa shape index (κ1) is 20.5. The summed E-state index contributed by atoms with van der Waals surface area (Å²) in [6, 6.07) is 12.0. The van der Waals surface area contributed by atoms with Gasteiger partial charge < -0.3 is 9.47 Å². The molecule has 26 heavy (non-hydrogen) atoms. The van der Waals surface area contributed by atoms with Crippen molar-refractivity contribution in [1.29, 1.82) is 0 Å². The summed E-state index contributed by atoms with van der Waals surface area (Å²) in [6.45, 7) is 8.86. The van der Waals surface area contributed by atoms with Gasteiger partial charge in [0.15, 0.2) is 0 Å². The summed E-state index contributed by atoms with van der Waals surface area (Å²) in [7, 11) is 0. The van der Waals surface area contributed by atoms with E-state index in [1.165, 1.54) is 5.56 Å². The van der Waals surface area contributed by atoms with Crippen molar-refractivity contribution >= 4 is 21.7 Å². The molecule has 2 rings (SSSR count). The highest BCUT2D eigenvalue weighted by Crippen LogP contribution is 2.32. The van der Waals surface area contributed by atoms with Gasteiger partial charge in [0.25, 0.3) is 0 Å². The van der Waals surface area contributed by atoms with Crippen molar-refractivity contribution in [2.45, 2.75) is 53.1 Å². The lowest BCUT2D eigenvalue weighted by Crippen LogP contribution is -2.13. The van der Waals surface area contributed by atoms with Gasteiger partial charge in [0.2, 0.25) is 0 Å². The van der Waals surface area contributed by atoms with Crippen molar-refractivity contribution < 1.29 is 14.3 Å². The Kier molecular flexibility index (Phi) is 7.70. The van der Waals surface area contributed by atoms with Crippen molar-refractivity contribution in [2.24, 2.45) is 0 Å². The number of Topliss-reactive ketones (excluding diaryl/α,β-unsaturated/α-hetero) is 1. The molecule has 0 aliphatic carbocycles.